The lowest BCUT2D eigenvalue weighted by molar-refractivity contribution is -0.147. The molecule has 0 fully saturated rings. The van der Waals surface area contributed by atoms with Crippen LogP contribution in [0.1, 0.15) is 43.0 Å². The maximum Gasteiger partial charge on any atom is 0.329 e. The van der Waals surface area contributed by atoms with Crippen molar-refractivity contribution in [3.63, 3.8) is 0 Å². The molecule has 2 amide bonds. The molecule has 0 unspecified atom stereocenters. The van der Waals surface area contributed by atoms with Crippen molar-refractivity contribution in [1.29, 1.82) is 0 Å². The Kier molecular flexibility index (Phi) is 9.59. The summed E-state index contributed by atoms with van der Waals surface area (Å²) < 4.78 is 35.3. The molecule has 12 heteroatoms. The summed E-state index contributed by atoms with van der Waals surface area (Å²) in [6.07, 6.45) is 2.99. The van der Waals surface area contributed by atoms with Crippen LogP contribution >= 0.6 is 23.2 Å². The van der Waals surface area contributed by atoms with Gasteiger partial charge in [0, 0.05) is 36.7 Å². The lowest BCUT2D eigenvalue weighted by atomic mass is 9.95. The maximum atomic E-state index is 13.8. The summed E-state index contributed by atoms with van der Waals surface area (Å²) in [6.45, 7) is 0.562. The minimum absolute atomic E-state index is 0.00845. The zero-order valence-electron chi connectivity index (χ0n) is 25.7. The molecule has 0 radical (unpaired) electrons. The largest absolute Gasteiger partial charge is 0.464 e. The van der Waals surface area contributed by atoms with Gasteiger partial charge in [-0.1, -0.05) is 71.7 Å². The number of carbonyl (C=O) groups is 3. The molecule has 0 spiro atoms. The zero-order valence-corrected chi connectivity index (χ0v) is 28.1. The van der Waals surface area contributed by atoms with Crippen molar-refractivity contribution < 1.29 is 32.0 Å². The SMILES string of the molecule is CS(=O)(=O)c1cccc(C[C@H](NC(=O)c2c(Cl)cc3c(c2Cl)CCN(C(=O)c2ccc4ccoc4c2)C3)C(=O)OCc2ccccc2)c1. The van der Waals surface area contributed by atoms with E-state index >= 15 is 0 Å². The fourth-order valence-electron chi connectivity index (χ4n) is 5.70. The third-order valence-corrected chi connectivity index (χ3v) is 10.0. The molecule has 1 aromatic heterocycles. The molecule has 0 aliphatic carbocycles. The number of benzene rings is 4. The minimum atomic E-state index is -3.51. The first-order valence-electron chi connectivity index (χ1n) is 15.0. The summed E-state index contributed by atoms with van der Waals surface area (Å²) in [5.74, 6) is -1.59. The molecule has 1 atom stereocenters. The van der Waals surface area contributed by atoms with E-state index in [4.69, 9.17) is 32.4 Å². The zero-order chi connectivity index (χ0) is 34.0. The monoisotopic (exact) mass is 704 g/mol. The van der Waals surface area contributed by atoms with Crippen molar-refractivity contribution in [2.24, 2.45) is 0 Å². The number of carbonyl (C=O) groups excluding carboxylic acids is 3. The van der Waals surface area contributed by atoms with Crippen LogP contribution in [0.25, 0.3) is 11.0 Å². The van der Waals surface area contributed by atoms with E-state index in [0.29, 0.717) is 40.8 Å². The highest BCUT2D eigenvalue weighted by molar-refractivity contribution is 7.90. The Morgan fingerprint density at radius 3 is 2.50 bits per heavy atom. The molecule has 1 N–H and O–H groups in total. The van der Waals surface area contributed by atoms with Crippen LogP contribution in [0, 0.1) is 0 Å². The van der Waals surface area contributed by atoms with Gasteiger partial charge < -0.3 is 19.4 Å². The van der Waals surface area contributed by atoms with E-state index in [9.17, 15) is 22.8 Å². The van der Waals surface area contributed by atoms with Crippen molar-refractivity contribution in [3.05, 3.63) is 135 Å². The number of nitrogens with zero attached hydrogens (tertiary/aromatic N) is 1. The number of esters is 1. The Morgan fingerprint density at radius 1 is 0.958 bits per heavy atom. The molecule has 9 nitrogen and oxygen atoms in total. The second-order valence-electron chi connectivity index (χ2n) is 11.6. The predicted molar refractivity (Wildman–Crippen MR) is 182 cm³/mol. The first kappa shape index (κ1) is 33.3. The molecule has 0 saturated carbocycles. The van der Waals surface area contributed by atoms with Gasteiger partial charge in [0.2, 0.25) is 0 Å². The van der Waals surface area contributed by atoms with Gasteiger partial charge in [-0.3, -0.25) is 9.59 Å². The van der Waals surface area contributed by atoms with Crippen LogP contribution in [0.3, 0.4) is 0 Å². The van der Waals surface area contributed by atoms with Crippen molar-refractivity contribution in [1.82, 2.24) is 10.2 Å². The number of nitrogens with one attached hydrogen (secondary N) is 1. The van der Waals surface area contributed by atoms with Crippen LogP contribution in [0.5, 0.6) is 0 Å². The molecule has 0 saturated heterocycles. The molecule has 4 aromatic carbocycles. The highest BCUT2D eigenvalue weighted by atomic mass is 35.5. The molecule has 48 heavy (non-hydrogen) atoms. The number of sulfone groups is 1. The van der Waals surface area contributed by atoms with Crippen LogP contribution in [0.15, 0.2) is 101 Å². The van der Waals surface area contributed by atoms with E-state index in [2.05, 4.69) is 5.32 Å². The molecule has 6 rings (SSSR count). The minimum Gasteiger partial charge on any atom is -0.464 e. The molecular weight excluding hydrogens is 675 g/mol. The van der Waals surface area contributed by atoms with Crippen LogP contribution < -0.4 is 5.32 Å². The van der Waals surface area contributed by atoms with Gasteiger partial charge in [0.15, 0.2) is 9.84 Å². The highest BCUT2D eigenvalue weighted by Gasteiger charge is 2.30. The van der Waals surface area contributed by atoms with Gasteiger partial charge in [0.05, 0.1) is 26.8 Å². The van der Waals surface area contributed by atoms with Crippen LogP contribution in [0.2, 0.25) is 10.0 Å². The number of halogens is 2. The summed E-state index contributed by atoms with van der Waals surface area (Å²) in [7, 11) is -3.51. The topological polar surface area (TPSA) is 123 Å². The Hall–Kier alpha value is -4.64. The van der Waals surface area contributed by atoms with Crippen molar-refractivity contribution >= 4 is 61.8 Å². The second-order valence-corrected chi connectivity index (χ2v) is 14.4. The fourth-order valence-corrected chi connectivity index (χ4v) is 7.15. The number of ether oxygens (including phenoxy) is 1. The summed E-state index contributed by atoms with van der Waals surface area (Å²) in [4.78, 5) is 42.3. The number of fused-ring (bicyclic) bond motifs is 2. The van der Waals surface area contributed by atoms with Gasteiger partial charge in [0.25, 0.3) is 11.8 Å². The number of amides is 2. The normalized spacial score (nSPS) is 13.5. The molecule has 0 bridgehead atoms. The van der Waals surface area contributed by atoms with Crippen LogP contribution in [0.4, 0.5) is 0 Å². The molecule has 246 valence electrons. The highest BCUT2D eigenvalue weighted by Crippen LogP contribution is 2.35. The quantitative estimate of drug-likeness (QED) is 0.176. The van der Waals surface area contributed by atoms with Crippen LogP contribution in [-0.2, 0) is 45.4 Å². The Morgan fingerprint density at radius 2 is 1.73 bits per heavy atom. The second kappa shape index (κ2) is 13.8. The maximum absolute atomic E-state index is 13.8. The average Bonchev–Trinajstić information content (AvgIpc) is 3.55. The van der Waals surface area contributed by atoms with Crippen molar-refractivity contribution in [3.8, 4) is 0 Å². The van der Waals surface area contributed by atoms with Gasteiger partial charge in [0.1, 0.15) is 18.2 Å². The molecular formula is C36H30Cl2N2O7S. The molecule has 1 aliphatic rings. The van der Waals surface area contributed by atoms with Gasteiger partial charge in [-0.25, -0.2) is 13.2 Å². The molecule has 2 heterocycles. The third-order valence-electron chi connectivity index (χ3n) is 8.20. The van der Waals surface area contributed by atoms with Gasteiger partial charge in [-0.05, 0) is 65.1 Å². The number of hydrogen-bond acceptors (Lipinski definition) is 7. The van der Waals surface area contributed by atoms with E-state index in [1.54, 1.807) is 53.6 Å². The molecule has 5 aromatic rings. The van der Waals surface area contributed by atoms with E-state index < -0.39 is 27.8 Å². The number of hydrogen-bond donors (Lipinski definition) is 1. The lowest BCUT2D eigenvalue weighted by Crippen LogP contribution is -2.43. The Balaban J connectivity index is 1.23. The predicted octanol–water partition coefficient (Wildman–Crippen LogP) is 6.43. The first-order chi connectivity index (χ1) is 23.0. The van der Waals surface area contributed by atoms with E-state index in [1.807, 2.05) is 30.3 Å². The first-order valence-corrected chi connectivity index (χ1v) is 17.7. The summed E-state index contributed by atoms with van der Waals surface area (Å²) in [5, 5.41) is 3.81. The molecule has 1 aliphatic heterocycles. The number of rotatable bonds is 9. The standard InChI is InChI=1S/C36H30Cl2N2O7S/c1-48(44,45)27-9-5-8-23(16-27)17-30(36(43)47-21-22-6-3-2-4-7-22)39-34(41)32-29(37)18-26-20-40(14-12-28(26)33(32)38)35(42)25-11-10-24-13-15-46-31(24)19-25/h2-11,13,15-16,18-19,30H,12,14,17,20-21H2,1H3,(H,39,41)/t30-/m0/s1. The Labute approximate surface area is 287 Å². The summed E-state index contributed by atoms with van der Waals surface area (Å²) in [5.41, 5.74) is 3.73. The van der Waals surface area contributed by atoms with E-state index in [1.165, 1.54) is 12.1 Å². The van der Waals surface area contributed by atoms with Crippen LogP contribution in [-0.4, -0.2) is 49.9 Å². The fraction of sp³-hybridized carbons (Fsp3) is 0.194. The third kappa shape index (κ3) is 7.26. The smallest absolute Gasteiger partial charge is 0.329 e. The summed E-state index contributed by atoms with van der Waals surface area (Å²) >= 11 is 13.5. The van der Waals surface area contributed by atoms with Gasteiger partial charge in [-0.2, -0.15) is 0 Å². The average molecular weight is 706 g/mol. The summed E-state index contributed by atoms with van der Waals surface area (Å²) in [6, 6.07) is 22.7. The van der Waals surface area contributed by atoms with E-state index in [-0.39, 0.29) is 46.0 Å². The lowest BCUT2D eigenvalue weighted by Gasteiger charge is -2.30. The van der Waals surface area contributed by atoms with Gasteiger partial charge in [-0.15, -0.1) is 0 Å². The Bertz CT molecular complexity index is 2150. The van der Waals surface area contributed by atoms with Gasteiger partial charge >= 0.3 is 5.97 Å². The van der Waals surface area contributed by atoms with E-state index in [0.717, 1.165) is 17.2 Å². The van der Waals surface area contributed by atoms with Crippen molar-refractivity contribution in [2.75, 3.05) is 12.8 Å². The number of furan rings is 1. The van der Waals surface area contributed by atoms with Crippen molar-refractivity contribution in [2.45, 2.75) is 36.9 Å².